The molecule has 1 aromatic heterocycles. The molecule has 2 aromatic rings. The maximum Gasteiger partial charge on any atom is 0.251 e. The molecule has 2 N–H and O–H groups in total. The lowest BCUT2D eigenvalue weighted by Crippen LogP contribution is -2.20. The van der Waals surface area contributed by atoms with Gasteiger partial charge in [-0.25, -0.2) is 0 Å². The van der Waals surface area contributed by atoms with Crippen molar-refractivity contribution in [3.63, 3.8) is 0 Å². The van der Waals surface area contributed by atoms with Gasteiger partial charge >= 0.3 is 0 Å². The van der Waals surface area contributed by atoms with E-state index in [0.717, 1.165) is 22.4 Å². The maximum atomic E-state index is 12.0. The van der Waals surface area contributed by atoms with Gasteiger partial charge in [-0.3, -0.25) is 4.79 Å². The van der Waals surface area contributed by atoms with Crippen LogP contribution in [-0.2, 0) is 6.54 Å². The first-order chi connectivity index (χ1) is 10.0. The summed E-state index contributed by atoms with van der Waals surface area (Å²) in [6.45, 7) is 6.87. The van der Waals surface area contributed by atoms with Gasteiger partial charge in [0, 0.05) is 23.9 Å². The predicted molar refractivity (Wildman–Crippen MR) is 84.8 cm³/mol. The number of ether oxygens (including phenoxy) is 1. The SMILES string of the molecule is CCOc1ccc(C(C)N)cc1Cn1ccc(C)cc1=O. The Balaban J connectivity index is 2.40. The van der Waals surface area contributed by atoms with Crippen LogP contribution in [0.1, 0.15) is 36.6 Å². The largest absolute Gasteiger partial charge is 0.494 e. The second-order valence-corrected chi connectivity index (χ2v) is 5.26. The van der Waals surface area contributed by atoms with E-state index in [2.05, 4.69) is 0 Å². The molecule has 0 spiro atoms. The van der Waals surface area contributed by atoms with Crippen LogP contribution in [0.5, 0.6) is 5.75 Å². The zero-order chi connectivity index (χ0) is 15.4. The molecule has 1 heterocycles. The molecule has 0 aliphatic heterocycles. The lowest BCUT2D eigenvalue weighted by Gasteiger charge is -2.15. The fourth-order valence-corrected chi connectivity index (χ4v) is 2.22. The van der Waals surface area contributed by atoms with Crippen LogP contribution in [0.3, 0.4) is 0 Å². The molecule has 0 aliphatic carbocycles. The highest BCUT2D eigenvalue weighted by Crippen LogP contribution is 2.23. The van der Waals surface area contributed by atoms with E-state index < -0.39 is 0 Å². The van der Waals surface area contributed by atoms with Gasteiger partial charge in [-0.15, -0.1) is 0 Å². The lowest BCUT2D eigenvalue weighted by atomic mass is 10.0. The molecular formula is C17H22N2O2. The molecular weight excluding hydrogens is 264 g/mol. The Hall–Kier alpha value is -2.07. The van der Waals surface area contributed by atoms with Crippen LogP contribution >= 0.6 is 0 Å². The van der Waals surface area contributed by atoms with Gasteiger partial charge in [0.1, 0.15) is 5.75 Å². The lowest BCUT2D eigenvalue weighted by molar-refractivity contribution is 0.335. The molecule has 0 aliphatic rings. The van der Waals surface area contributed by atoms with Crippen molar-refractivity contribution in [2.45, 2.75) is 33.4 Å². The summed E-state index contributed by atoms with van der Waals surface area (Å²) in [6.07, 6.45) is 1.81. The summed E-state index contributed by atoms with van der Waals surface area (Å²) in [5, 5.41) is 0. The minimum Gasteiger partial charge on any atom is -0.494 e. The summed E-state index contributed by atoms with van der Waals surface area (Å²) in [5.41, 5.74) is 8.90. The van der Waals surface area contributed by atoms with Crippen molar-refractivity contribution in [2.75, 3.05) is 6.61 Å². The standard InChI is InChI=1S/C17H22N2O2/c1-4-21-16-6-5-14(13(3)18)10-15(16)11-19-8-7-12(2)9-17(19)20/h5-10,13H,4,11,18H2,1-3H3. The Morgan fingerprint density at radius 1 is 1.29 bits per heavy atom. The predicted octanol–water partition coefficient (Wildman–Crippen LogP) is 2.62. The highest BCUT2D eigenvalue weighted by Gasteiger charge is 2.09. The minimum atomic E-state index is -0.0471. The van der Waals surface area contributed by atoms with Crippen molar-refractivity contribution in [1.29, 1.82) is 0 Å². The van der Waals surface area contributed by atoms with Gasteiger partial charge in [-0.2, -0.15) is 0 Å². The number of nitrogens with two attached hydrogens (primary N) is 1. The molecule has 1 aromatic carbocycles. The first-order valence-corrected chi connectivity index (χ1v) is 7.19. The van der Waals surface area contributed by atoms with Crippen molar-refractivity contribution in [1.82, 2.24) is 4.57 Å². The Bertz CT molecular complexity index is 675. The number of rotatable bonds is 5. The van der Waals surface area contributed by atoms with Crippen LogP contribution in [0.4, 0.5) is 0 Å². The topological polar surface area (TPSA) is 57.2 Å². The molecule has 1 atom stereocenters. The molecule has 0 amide bonds. The average molecular weight is 286 g/mol. The fourth-order valence-electron chi connectivity index (χ4n) is 2.22. The summed E-state index contributed by atoms with van der Waals surface area (Å²) in [4.78, 5) is 12.0. The number of benzene rings is 1. The van der Waals surface area contributed by atoms with E-state index >= 15 is 0 Å². The zero-order valence-electron chi connectivity index (χ0n) is 12.8. The number of pyridine rings is 1. The minimum absolute atomic E-state index is 0.0105. The van der Waals surface area contributed by atoms with Gasteiger partial charge in [0.05, 0.1) is 13.2 Å². The smallest absolute Gasteiger partial charge is 0.251 e. The molecule has 4 nitrogen and oxygen atoms in total. The molecule has 1 unspecified atom stereocenters. The average Bonchev–Trinajstić information content (AvgIpc) is 2.43. The van der Waals surface area contributed by atoms with Crippen LogP contribution in [0.2, 0.25) is 0 Å². The maximum absolute atomic E-state index is 12.0. The Morgan fingerprint density at radius 2 is 2.05 bits per heavy atom. The third kappa shape index (κ3) is 3.73. The number of nitrogens with zero attached hydrogens (tertiary/aromatic N) is 1. The van der Waals surface area contributed by atoms with Crippen LogP contribution in [0.15, 0.2) is 41.3 Å². The van der Waals surface area contributed by atoms with Gasteiger partial charge < -0.3 is 15.0 Å². The van der Waals surface area contributed by atoms with Gasteiger partial charge in [-0.1, -0.05) is 6.07 Å². The molecule has 0 radical (unpaired) electrons. The second kappa shape index (κ2) is 6.59. The van der Waals surface area contributed by atoms with E-state index in [4.69, 9.17) is 10.5 Å². The van der Waals surface area contributed by atoms with Crippen LogP contribution in [-0.4, -0.2) is 11.2 Å². The number of aryl methyl sites for hydroxylation is 1. The molecule has 0 fully saturated rings. The second-order valence-electron chi connectivity index (χ2n) is 5.26. The molecule has 0 saturated carbocycles. The van der Waals surface area contributed by atoms with Gasteiger partial charge in [0.2, 0.25) is 0 Å². The van der Waals surface area contributed by atoms with Crippen molar-refractivity contribution >= 4 is 0 Å². The van der Waals surface area contributed by atoms with Crippen LogP contribution in [0, 0.1) is 6.92 Å². The number of hydrogen-bond acceptors (Lipinski definition) is 3. The van der Waals surface area contributed by atoms with E-state index in [1.54, 1.807) is 10.6 Å². The van der Waals surface area contributed by atoms with Crippen LogP contribution < -0.4 is 16.0 Å². The van der Waals surface area contributed by atoms with Crippen molar-refractivity contribution in [3.05, 3.63) is 63.6 Å². The Kier molecular flexibility index (Phi) is 4.81. The first kappa shape index (κ1) is 15.3. The highest BCUT2D eigenvalue weighted by atomic mass is 16.5. The zero-order valence-corrected chi connectivity index (χ0v) is 12.8. The van der Waals surface area contributed by atoms with E-state index in [1.165, 1.54) is 0 Å². The first-order valence-electron chi connectivity index (χ1n) is 7.19. The Labute approximate surface area is 125 Å². The quantitative estimate of drug-likeness (QED) is 0.919. The summed E-state index contributed by atoms with van der Waals surface area (Å²) in [5.74, 6) is 0.800. The monoisotopic (exact) mass is 286 g/mol. The van der Waals surface area contributed by atoms with Crippen molar-refractivity contribution < 1.29 is 4.74 Å². The van der Waals surface area contributed by atoms with Gasteiger partial charge in [-0.05, 0) is 50.1 Å². The molecule has 0 bridgehead atoms. The molecule has 4 heteroatoms. The summed E-state index contributed by atoms with van der Waals surface area (Å²) in [6, 6.07) is 9.43. The van der Waals surface area contributed by atoms with E-state index in [-0.39, 0.29) is 11.6 Å². The van der Waals surface area contributed by atoms with E-state index in [1.807, 2.05) is 51.2 Å². The van der Waals surface area contributed by atoms with Gasteiger partial charge in [0.15, 0.2) is 0 Å². The fraction of sp³-hybridized carbons (Fsp3) is 0.353. The third-order valence-electron chi connectivity index (χ3n) is 3.40. The summed E-state index contributed by atoms with van der Waals surface area (Å²) < 4.78 is 7.33. The molecule has 0 saturated heterocycles. The van der Waals surface area contributed by atoms with Crippen LogP contribution in [0.25, 0.3) is 0 Å². The summed E-state index contributed by atoms with van der Waals surface area (Å²) >= 11 is 0. The number of hydrogen-bond donors (Lipinski definition) is 1. The van der Waals surface area contributed by atoms with Gasteiger partial charge in [0.25, 0.3) is 5.56 Å². The van der Waals surface area contributed by atoms with E-state index in [9.17, 15) is 4.79 Å². The normalized spacial score (nSPS) is 12.2. The number of aromatic nitrogens is 1. The third-order valence-corrected chi connectivity index (χ3v) is 3.40. The molecule has 2 rings (SSSR count). The highest BCUT2D eigenvalue weighted by molar-refractivity contribution is 5.38. The molecule has 112 valence electrons. The van der Waals surface area contributed by atoms with Crippen molar-refractivity contribution in [3.8, 4) is 5.75 Å². The Morgan fingerprint density at radius 3 is 2.67 bits per heavy atom. The summed E-state index contributed by atoms with van der Waals surface area (Å²) in [7, 11) is 0. The van der Waals surface area contributed by atoms with E-state index in [0.29, 0.717) is 13.2 Å². The van der Waals surface area contributed by atoms with Crippen molar-refractivity contribution in [2.24, 2.45) is 5.73 Å². The molecule has 21 heavy (non-hydrogen) atoms.